The number of benzene rings is 4. The first-order valence-corrected chi connectivity index (χ1v) is 29.1. The predicted molar refractivity (Wildman–Crippen MR) is 292 cm³/mol. The maximum atomic E-state index is 17.5. The number of aromatic nitrogens is 1. The molecular formula is C59H39F18N5O10S2. The SMILES string of the molecule is CN1CC2C3=NC(=C(c4c(F)c(F)c(S[C@@H]5O[C@H](CO)[C@@H](O)[C@H](O)[C@H]5O)c(F)c4F)C4=NC(=C(c5c(F)c(F)c(F)c(F)c5F)c5ccc([nH]5)C(c5c(F)c(F)c(S[C@@H]6O[C@H](CO)[C@@H](O)[C@H](O)[C@H]6O)c(F)c5F)=C5C=CC(=N5)C3c3c(F)c(F)c(F)c(F)c3F)C=C4)C2C1. The van der Waals surface area contributed by atoms with E-state index < -0.39 is 303 Å². The predicted octanol–water partition coefficient (Wildman–Crippen LogP) is 7.68. The highest BCUT2D eigenvalue weighted by atomic mass is 32.2. The number of allylic oxidation sites excluding steroid dienone is 5. The van der Waals surface area contributed by atoms with E-state index in [2.05, 4.69) is 20.0 Å². The molecule has 0 saturated carbocycles. The maximum Gasteiger partial charge on any atom is 0.200 e. The van der Waals surface area contributed by atoms with Crippen LogP contribution >= 0.6 is 23.5 Å². The quantitative estimate of drug-likeness (QED) is 0.0371. The summed E-state index contributed by atoms with van der Waals surface area (Å²) in [5.41, 5.74) is -23.1. The first-order valence-electron chi connectivity index (χ1n) is 27.4. The second-order valence-corrected chi connectivity index (χ2v) is 24.4. The van der Waals surface area contributed by atoms with Crippen molar-refractivity contribution in [2.45, 2.75) is 75.4 Å². The highest BCUT2D eigenvalue weighted by Crippen LogP contribution is 2.51. The lowest BCUT2D eigenvalue weighted by atomic mass is 9.79. The largest absolute Gasteiger partial charge is 0.394 e. The molecule has 9 N–H and O–H groups in total. The number of nitrogens with zero attached hydrogens (tertiary/aromatic N) is 4. The zero-order chi connectivity index (χ0) is 68.0. The topological polar surface area (TPSA) is 236 Å². The van der Waals surface area contributed by atoms with Gasteiger partial charge in [0.05, 0.1) is 74.1 Å². The van der Waals surface area contributed by atoms with Crippen LogP contribution in [0.5, 0.6) is 0 Å². The number of rotatable bonds is 10. The number of nitrogens with one attached hydrogen (secondary N) is 1. The molecule has 1 aromatic heterocycles. The Labute approximate surface area is 522 Å². The summed E-state index contributed by atoms with van der Waals surface area (Å²) in [6, 6.07) is 1.29. The van der Waals surface area contributed by atoms with E-state index in [1.165, 1.54) is 11.9 Å². The fourth-order valence-corrected chi connectivity index (χ4v) is 14.4. The molecule has 0 amide bonds. The van der Waals surface area contributed by atoms with Crippen LogP contribution < -0.4 is 0 Å². The summed E-state index contributed by atoms with van der Waals surface area (Å²) in [5, 5.41) is 82.2. The number of likely N-dealkylation sites (tertiary alicyclic amines) is 1. The Balaban J connectivity index is 1.17. The Morgan fingerprint density at radius 2 is 0.830 bits per heavy atom. The zero-order valence-corrected chi connectivity index (χ0v) is 48.2. The van der Waals surface area contributed by atoms with Crippen molar-refractivity contribution in [3.05, 3.63) is 192 Å². The van der Waals surface area contributed by atoms with E-state index in [-0.39, 0.29) is 23.5 Å². The van der Waals surface area contributed by atoms with Gasteiger partial charge in [-0.05, 0) is 43.5 Å². The molecule has 8 bridgehead atoms. The van der Waals surface area contributed by atoms with Gasteiger partial charge in [-0.2, -0.15) is 0 Å². The number of ether oxygens (including phenoxy) is 2. The number of aromatic amines is 1. The summed E-state index contributed by atoms with van der Waals surface area (Å²) in [7, 11) is 1.34. The average Bonchev–Trinajstić information content (AvgIpc) is 1.55. The van der Waals surface area contributed by atoms with Gasteiger partial charge in [0.1, 0.15) is 59.7 Å². The Morgan fingerprint density at radius 1 is 0.447 bits per heavy atom. The zero-order valence-electron chi connectivity index (χ0n) is 46.6. The Morgan fingerprint density at radius 3 is 1.28 bits per heavy atom. The van der Waals surface area contributed by atoms with Gasteiger partial charge in [-0.1, -0.05) is 23.5 Å². The first-order chi connectivity index (χ1) is 44.4. The van der Waals surface area contributed by atoms with Crippen molar-refractivity contribution in [2.24, 2.45) is 26.8 Å². The fourth-order valence-electron chi connectivity index (χ4n) is 12.2. The van der Waals surface area contributed by atoms with Crippen LogP contribution in [0.15, 0.2) is 78.3 Å². The van der Waals surface area contributed by atoms with Gasteiger partial charge in [-0.25, -0.2) is 84.0 Å². The number of thioether (sulfide) groups is 2. The number of fused-ring (bicyclic) bond motifs is 8. The lowest BCUT2D eigenvalue weighted by Crippen LogP contribution is -2.57. The molecule has 7 aliphatic heterocycles. The summed E-state index contributed by atoms with van der Waals surface area (Å²) in [6.45, 7) is -3.08. The van der Waals surface area contributed by atoms with E-state index in [1.54, 1.807) is 0 Å². The van der Waals surface area contributed by atoms with Crippen molar-refractivity contribution in [2.75, 3.05) is 33.4 Å². The summed E-state index contributed by atoms with van der Waals surface area (Å²) in [4.78, 5) is 13.3. The highest BCUT2D eigenvalue weighted by molar-refractivity contribution is 8.00. The molecule has 15 nitrogen and oxygen atoms in total. The number of hydrogen-bond donors (Lipinski definition) is 9. The van der Waals surface area contributed by atoms with E-state index in [4.69, 9.17) is 9.47 Å². The normalized spacial score (nSPS) is 27.8. The van der Waals surface area contributed by atoms with E-state index in [9.17, 15) is 49.6 Å². The van der Waals surface area contributed by atoms with Gasteiger partial charge in [0.15, 0.2) is 93.1 Å². The van der Waals surface area contributed by atoms with E-state index in [0.29, 0.717) is 36.4 Å². The van der Waals surface area contributed by atoms with Crippen LogP contribution in [0, 0.1) is 117 Å². The van der Waals surface area contributed by atoms with Crippen LogP contribution in [-0.4, -0.2) is 161 Å². The highest BCUT2D eigenvalue weighted by Gasteiger charge is 2.52. The third-order valence-corrected chi connectivity index (χ3v) is 19.2. The van der Waals surface area contributed by atoms with Crippen LogP contribution in [0.25, 0.3) is 16.7 Å². The minimum atomic E-state index is -2.75. The van der Waals surface area contributed by atoms with Gasteiger partial charge in [0.2, 0.25) is 11.6 Å². The molecule has 0 aliphatic carbocycles. The summed E-state index contributed by atoms with van der Waals surface area (Å²) in [5.74, 6) is -51.4. The Kier molecular flexibility index (Phi) is 17.7. The summed E-state index contributed by atoms with van der Waals surface area (Å²) >= 11 is -0.655. The number of aliphatic hydroxyl groups is 8. The second kappa shape index (κ2) is 24.8. The molecule has 0 radical (unpaired) electrons. The summed E-state index contributed by atoms with van der Waals surface area (Å²) in [6.07, 6.45) is -14.0. The molecule has 0 spiro atoms. The standard InChI is InChI=1S/C59H39F18N5O10S2/c1-82-8-12-13(9-82)49-25(29-36(66)46(76)57(47(77)37(29)67)94-59-55(90)53(88)51(86)21(11-84)92-59)19-7-4-16(79-19)22(26-30(60)38(68)42(72)39(69)31(26)61)14-2-3-15(78-14)23(17-5-6-18(80-17)24(48(12)81-49)28-32(62)40(70)43(73)41(71)33(28)63)27-34(64)44(74)56(45(75)35(27)65)93-58-54(89)52(87)50(85)20(10-83)91-58/h2-7,12-13,20-21,24,50-55,58-59,78,83-90H,8-11H2,1H3/t12?,13?,20-,21-,24?,50-,51-,52+,53+,54-,55-,58+,59+/m1/s1. The molecule has 3 saturated heterocycles. The maximum absolute atomic E-state index is 17.5. The molecule has 13 atom stereocenters. The number of hydrogen-bond acceptors (Lipinski definition) is 16. The Bertz CT molecular complexity index is 4250. The number of aliphatic imine (C=N–C) groups is 3. The molecule has 94 heavy (non-hydrogen) atoms. The smallest absolute Gasteiger partial charge is 0.200 e. The van der Waals surface area contributed by atoms with Crippen molar-refractivity contribution >= 4 is 57.4 Å². The van der Waals surface area contributed by atoms with Crippen molar-refractivity contribution in [3.63, 3.8) is 0 Å². The van der Waals surface area contributed by atoms with Gasteiger partial charge in [0, 0.05) is 64.3 Å². The summed E-state index contributed by atoms with van der Waals surface area (Å²) < 4.78 is 306. The molecule has 498 valence electrons. The van der Waals surface area contributed by atoms with Crippen molar-refractivity contribution in [1.29, 1.82) is 0 Å². The number of aliphatic hydroxyl groups excluding tert-OH is 8. The molecule has 3 fully saturated rings. The minimum Gasteiger partial charge on any atom is -0.394 e. The van der Waals surface area contributed by atoms with E-state index in [0.717, 1.165) is 0 Å². The molecule has 4 aromatic carbocycles. The number of H-pyrrole nitrogens is 1. The minimum absolute atomic E-state index is 0.323. The molecule has 7 aliphatic rings. The first kappa shape index (κ1) is 66.9. The van der Waals surface area contributed by atoms with Gasteiger partial charge >= 0.3 is 0 Å². The van der Waals surface area contributed by atoms with Gasteiger partial charge < -0.3 is 60.2 Å². The third-order valence-electron chi connectivity index (χ3n) is 16.7. The molecule has 12 rings (SSSR count). The van der Waals surface area contributed by atoms with E-state index in [1.807, 2.05) is 0 Å². The van der Waals surface area contributed by atoms with Crippen molar-refractivity contribution in [1.82, 2.24) is 9.88 Å². The fraction of sp³-hybridized carbons (Fsp3) is 0.305. The van der Waals surface area contributed by atoms with Crippen LogP contribution in [0.2, 0.25) is 0 Å². The number of halogens is 18. The second-order valence-electron chi connectivity index (χ2n) is 22.1. The van der Waals surface area contributed by atoms with Crippen molar-refractivity contribution in [3.8, 4) is 0 Å². The van der Waals surface area contributed by atoms with Crippen LogP contribution in [0.3, 0.4) is 0 Å². The third kappa shape index (κ3) is 10.4. The van der Waals surface area contributed by atoms with Gasteiger partial charge in [-0.3, -0.25) is 9.98 Å². The van der Waals surface area contributed by atoms with Gasteiger partial charge in [-0.15, -0.1) is 0 Å². The molecule has 35 heteroatoms. The lowest BCUT2D eigenvalue weighted by Gasteiger charge is -2.39. The monoisotopic (exact) mass is 1380 g/mol. The molecule has 5 aromatic rings. The van der Waals surface area contributed by atoms with Crippen LogP contribution in [-0.2, 0) is 9.47 Å². The van der Waals surface area contributed by atoms with Crippen LogP contribution in [0.4, 0.5) is 79.0 Å². The Hall–Kier alpha value is -7.13. The van der Waals surface area contributed by atoms with Crippen molar-refractivity contribution < 1.29 is 129 Å². The molecular weight excluding hydrogens is 1340 g/mol. The van der Waals surface area contributed by atoms with Gasteiger partial charge in [0.25, 0.3) is 0 Å². The van der Waals surface area contributed by atoms with E-state index >= 15 is 70.2 Å². The molecule has 8 heterocycles. The van der Waals surface area contributed by atoms with Crippen LogP contribution in [0.1, 0.15) is 39.6 Å². The molecule has 3 unspecified atom stereocenters. The average molecular weight is 1380 g/mol. The lowest BCUT2D eigenvalue weighted by molar-refractivity contribution is -0.205.